The summed E-state index contributed by atoms with van der Waals surface area (Å²) < 4.78 is 18.6. The molecule has 0 amide bonds. The zero-order valence-electron chi connectivity index (χ0n) is 10.7. The zero-order valence-corrected chi connectivity index (χ0v) is 10.7. The third kappa shape index (κ3) is 3.92. The number of nitrogens with one attached hydrogen (secondary N) is 1. The van der Waals surface area contributed by atoms with E-state index in [4.69, 9.17) is 9.84 Å². The van der Waals surface area contributed by atoms with Crippen molar-refractivity contribution in [2.75, 3.05) is 18.5 Å². The van der Waals surface area contributed by atoms with Crippen LogP contribution in [-0.4, -0.2) is 30.3 Å². The molecule has 0 aromatic heterocycles. The highest BCUT2D eigenvalue weighted by Gasteiger charge is 2.14. The summed E-state index contributed by atoms with van der Waals surface area (Å²) in [4.78, 5) is 11.0. The standard InChI is InChI=1S/C14H18FNO3/c15-10-4-5-13(12(9-10)14(17)18)16-7-6-11-3-1-2-8-19-11/h4-5,9,11,16H,1-3,6-8H2,(H,17,18). The van der Waals surface area contributed by atoms with Crippen LogP contribution in [0.15, 0.2) is 18.2 Å². The summed E-state index contributed by atoms with van der Waals surface area (Å²) in [5.74, 6) is -1.67. The van der Waals surface area contributed by atoms with E-state index in [0.717, 1.165) is 31.9 Å². The third-order valence-corrected chi connectivity index (χ3v) is 3.27. The average Bonchev–Trinajstić information content (AvgIpc) is 2.41. The molecule has 4 nitrogen and oxygen atoms in total. The van der Waals surface area contributed by atoms with E-state index >= 15 is 0 Å². The van der Waals surface area contributed by atoms with Crippen molar-refractivity contribution in [3.63, 3.8) is 0 Å². The molecule has 1 saturated heterocycles. The van der Waals surface area contributed by atoms with E-state index in [1.807, 2.05) is 0 Å². The molecule has 1 unspecified atom stereocenters. The van der Waals surface area contributed by atoms with Crippen LogP contribution in [0.25, 0.3) is 0 Å². The first-order valence-electron chi connectivity index (χ1n) is 6.55. The monoisotopic (exact) mass is 267 g/mol. The summed E-state index contributed by atoms with van der Waals surface area (Å²) in [6.07, 6.45) is 4.43. The Kier molecular flexibility index (Phi) is 4.74. The third-order valence-electron chi connectivity index (χ3n) is 3.27. The van der Waals surface area contributed by atoms with Crippen LogP contribution in [0.1, 0.15) is 36.0 Å². The van der Waals surface area contributed by atoms with Crippen LogP contribution in [0.3, 0.4) is 0 Å². The lowest BCUT2D eigenvalue weighted by Crippen LogP contribution is -2.22. The molecule has 1 fully saturated rings. The van der Waals surface area contributed by atoms with Crippen molar-refractivity contribution < 1.29 is 19.0 Å². The number of carbonyl (C=O) groups is 1. The summed E-state index contributed by atoms with van der Waals surface area (Å²) in [7, 11) is 0. The summed E-state index contributed by atoms with van der Waals surface area (Å²) in [6.45, 7) is 1.43. The van der Waals surface area contributed by atoms with Gasteiger partial charge < -0.3 is 15.2 Å². The molecule has 19 heavy (non-hydrogen) atoms. The lowest BCUT2D eigenvalue weighted by Gasteiger charge is -2.22. The molecule has 1 atom stereocenters. The Morgan fingerprint density at radius 1 is 1.47 bits per heavy atom. The van der Waals surface area contributed by atoms with Crippen LogP contribution >= 0.6 is 0 Å². The first-order valence-corrected chi connectivity index (χ1v) is 6.55. The molecule has 0 saturated carbocycles. The topological polar surface area (TPSA) is 58.6 Å². The van der Waals surface area contributed by atoms with Gasteiger partial charge in [0.25, 0.3) is 0 Å². The maximum absolute atomic E-state index is 13.0. The Hall–Kier alpha value is -1.62. The van der Waals surface area contributed by atoms with Crippen LogP contribution < -0.4 is 5.32 Å². The number of rotatable bonds is 5. The van der Waals surface area contributed by atoms with Gasteiger partial charge in [0.15, 0.2) is 0 Å². The Morgan fingerprint density at radius 2 is 2.32 bits per heavy atom. The molecule has 1 aliphatic heterocycles. The lowest BCUT2D eigenvalue weighted by atomic mass is 10.1. The lowest BCUT2D eigenvalue weighted by molar-refractivity contribution is 0.0134. The molecule has 0 radical (unpaired) electrons. The second kappa shape index (κ2) is 6.52. The summed E-state index contributed by atoms with van der Waals surface area (Å²) in [5.41, 5.74) is 0.411. The molecule has 1 aliphatic rings. The number of benzene rings is 1. The van der Waals surface area contributed by atoms with Crippen LogP contribution in [0.4, 0.5) is 10.1 Å². The Morgan fingerprint density at radius 3 is 3.00 bits per heavy atom. The maximum atomic E-state index is 13.0. The highest BCUT2D eigenvalue weighted by molar-refractivity contribution is 5.94. The second-order valence-corrected chi connectivity index (χ2v) is 4.70. The molecule has 2 rings (SSSR count). The number of ether oxygens (including phenoxy) is 1. The molecule has 0 spiro atoms. The van der Waals surface area contributed by atoms with Gasteiger partial charge in [0.05, 0.1) is 11.7 Å². The predicted molar refractivity (Wildman–Crippen MR) is 70.1 cm³/mol. The fraction of sp³-hybridized carbons (Fsp3) is 0.500. The van der Waals surface area contributed by atoms with E-state index in [-0.39, 0.29) is 11.7 Å². The zero-order chi connectivity index (χ0) is 13.7. The van der Waals surface area contributed by atoms with Gasteiger partial charge in [-0.3, -0.25) is 0 Å². The summed E-state index contributed by atoms with van der Waals surface area (Å²) in [6, 6.07) is 3.74. The van der Waals surface area contributed by atoms with E-state index in [0.29, 0.717) is 12.2 Å². The molecule has 0 aliphatic carbocycles. The van der Waals surface area contributed by atoms with Gasteiger partial charge in [-0.05, 0) is 43.9 Å². The van der Waals surface area contributed by atoms with Gasteiger partial charge in [0.1, 0.15) is 5.82 Å². The number of halogens is 1. The van der Waals surface area contributed by atoms with Crippen molar-refractivity contribution >= 4 is 11.7 Å². The van der Waals surface area contributed by atoms with E-state index in [9.17, 15) is 9.18 Å². The second-order valence-electron chi connectivity index (χ2n) is 4.70. The number of anilines is 1. The Labute approximate surface area is 111 Å². The highest BCUT2D eigenvalue weighted by atomic mass is 19.1. The normalized spacial score (nSPS) is 19.1. The quantitative estimate of drug-likeness (QED) is 0.861. The smallest absolute Gasteiger partial charge is 0.337 e. The first kappa shape index (κ1) is 13.8. The van der Waals surface area contributed by atoms with Crippen molar-refractivity contribution in [1.29, 1.82) is 0 Å². The van der Waals surface area contributed by atoms with Gasteiger partial charge in [-0.15, -0.1) is 0 Å². The van der Waals surface area contributed by atoms with Crippen molar-refractivity contribution in [2.24, 2.45) is 0 Å². The Balaban J connectivity index is 1.89. The van der Waals surface area contributed by atoms with Gasteiger partial charge in [-0.25, -0.2) is 9.18 Å². The minimum Gasteiger partial charge on any atom is -0.478 e. The van der Waals surface area contributed by atoms with Crippen LogP contribution in [0.5, 0.6) is 0 Å². The van der Waals surface area contributed by atoms with Gasteiger partial charge in [-0.2, -0.15) is 0 Å². The molecular formula is C14H18FNO3. The molecule has 5 heteroatoms. The van der Waals surface area contributed by atoms with Gasteiger partial charge in [-0.1, -0.05) is 0 Å². The molecule has 1 aromatic rings. The van der Waals surface area contributed by atoms with Gasteiger partial charge in [0, 0.05) is 18.8 Å². The van der Waals surface area contributed by atoms with Gasteiger partial charge >= 0.3 is 5.97 Å². The molecule has 1 aromatic carbocycles. The first-order chi connectivity index (χ1) is 9.16. The van der Waals surface area contributed by atoms with E-state index in [2.05, 4.69) is 5.32 Å². The fourth-order valence-electron chi connectivity index (χ4n) is 2.25. The van der Waals surface area contributed by atoms with Crippen molar-refractivity contribution in [3.8, 4) is 0 Å². The SMILES string of the molecule is O=C(O)c1cc(F)ccc1NCCC1CCCCO1. The van der Waals surface area contributed by atoms with Crippen LogP contribution in [0, 0.1) is 5.82 Å². The highest BCUT2D eigenvalue weighted by Crippen LogP contribution is 2.19. The van der Waals surface area contributed by atoms with Crippen LogP contribution in [-0.2, 0) is 4.74 Å². The Bertz CT molecular complexity index is 444. The largest absolute Gasteiger partial charge is 0.478 e. The molecule has 1 heterocycles. The minimum atomic E-state index is -1.13. The fourth-order valence-corrected chi connectivity index (χ4v) is 2.25. The predicted octanol–water partition coefficient (Wildman–Crippen LogP) is 2.90. The number of aromatic carboxylic acids is 1. The molecule has 2 N–H and O–H groups in total. The van der Waals surface area contributed by atoms with E-state index in [1.54, 1.807) is 0 Å². The number of carboxylic acid groups (broad SMARTS) is 1. The maximum Gasteiger partial charge on any atom is 0.337 e. The van der Waals surface area contributed by atoms with Crippen molar-refractivity contribution in [1.82, 2.24) is 0 Å². The van der Waals surface area contributed by atoms with Crippen molar-refractivity contribution in [2.45, 2.75) is 31.8 Å². The molecular weight excluding hydrogens is 249 g/mol. The van der Waals surface area contributed by atoms with E-state index < -0.39 is 11.8 Å². The van der Waals surface area contributed by atoms with E-state index in [1.165, 1.54) is 18.6 Å². The van der Waals surface area contributed by atoms with Crippen LogP contribution in [0.2, 0.25) is 0 Å². The number of carboxylic acids is 1. The summed E-state index contributed by atoms with van der Waals surface area (Å²) >= 11 is 0. The van der Waals surface area contributed by atoms with Gasteiger partial charge in [0.2, 0.25) is 0 Å². The minimum absolute atomic E-state index is 0.0374. The number of hydrogen-bond acceptors (Lipinski definition) is 3. The molecule has 104 valence electrons. The average molecular weight is 267 g/mol. The molecule has 0 bridgehead atoms. The number of hydrogen-bond donors (Lipinski definition) is 2. The van der Waals surface area contributed by atoms with Crippen molar-refractivity contribution in [3.05, 3.63) is 29.6 Å². The summed E-state index contributed by atoms with van der Waals surface area (Å²) in [5, 5.41) is 12.0.